The van der Waals surface area contributed by atoms with E-state index in [4.69, 9.17) is 14.9 Å². The standard InChI is InChI=1S/C33H42N8O5/c1-20-14-26-27(15-21(20)2)39-41(38-26)23-16-28-29(42)37-33(31(44)35-19-34)17-22(33)10-6-4-3-5-7-13-25(30(43)40(28)18-23)36-32(45)46-24-11-8-9-12-24/h6,10,14-15,22-25,28H,3-5,7-9,11-13,16-18H2,1-2H3,(H,35,44)(H,36,45)(H,37,42)/b10-6+/t22?,23-,25-,28+,33-/m1/s1. The van der Waals surface area contributed by atoms with Crippen LogP contribution in [0.5, 0.6) is 0 Å². The van der Waals surface area contributed by atoms with E-state index in [-0.39, 0.29) is 30.9 Å². The summed E-state index contributed by atoms with van der Waals surface area (Å²) in [7, 11) is 0. The maximum atomic E-state index is 14.3. The number of allylic oxidation sites excluding steroid dienone is 1. The number of hydrogen-bond acceptors (Lipinski definition) is 8. The SMILES string of the molecule is Cc1cc2nn([C@@H]3C[C@H]4C(=O)N[C@]5(C(=O)NC#N)CC5/C=C/CCCCC[C@@H](NC(=O)OC5CCCC5)C(=O)N4C3)nc2cc1C. The number of benzene rings is 1. The molecule has 4 amide bonds. The Kier molecular flexibility index (Phi) is 8.97. The first-order chi connectivity index (χ1) is 22.2. The molecule has 4 aliphatic rings. The van der Waals surface area contributed by atoms with Crippen molar-refractivity contribution in [3.63, 3.8) is 0 Å². The second-order valence-corrected chi connectivity index (χ2v) is 13.3. The monoisotopic (exact) mass is 630 g/mol. The molecular weight excluding hydrogens is 588 g/mol. The zero-order chi connectivity index (χ0) is 32.4. The molecule has 2 aliphatic heterocycles. The van der Waals surface area contributed by atoms with Crippen molar-refractivity contribution in [1.29, 1.82) is 5.26 Å². The summed E-state index contributed by atoms with van der Waals surface area (Å²) in [6.07, 6.45) is 12.6. The molecule has 13 nitrogen and oxygen atoms in total. The third-order valence-electron chi connectivity index (χ3n) is 10.0. The fourth-order valence-corrected chi connectivity index (χ4v) is 7.11. The summed E-state index contributed by atoms with van der Waals surface area (Å²) in [6.45, 7) is 4.16. The highest BCUT2D eigenvalue weighted by molar-refractivity contribution is 5.98. The number of nitrogens with one attached hydrogen (secondary N) is 3. The van der Waals surface area contributed by atoms with Gasteiger partial charge in [0.15, 0.2) is 6.19 Å². The van der Waals surface area contributed by atoms with E-state index < -0.39 is 41.6 Å². The fourth-order valence-electron chi connectivity index (χ4n) is 7.11. The summed E-state index contributed by atoms with van der Waals surface area (Å²) in [5.74, 6) is -1.72. The van der Waals surface area contributed by atoms with Gasteiger partial charge in [0.1, 0.15) is 34.8 Å². The molecule has 1 unspecified atom stereocenters. The summed E-state index contributed by atoms with van der Waals surface area (Å²) >= 11 is 0. The summed E-state index contributed by atoms with van der Waals surface area (Å²) in [6, 6.07) is 1.68. The first-order valence-corrected chi connectivity index (χ1v) is 16.5. The van der Waals surface area contributed by atoms with Crippen LogP contribution in [-0.4, -0.2) is 74.0 Å². The molecule has 3 heterocycles. The van der Waals surface area contributed by atoms with E-state index in [0.29, 0.717) is 19.3 Å². The van der Waals surface area contributed by atoms with Gasteiger partial charge in [-0.2, -0.15) is 20.3 Å². The van der Waals surface area contributed by atoms with Crippen molar-refractivity contribution >= 4 is 34.8 Å². The first-order valence-electron chi connectivity index (χ1n) is 16.5. The summed E-state index contributed by atoms with van der Waals surface area (Å²) in [4.78, 5) is 57.5. The topological polar surface area (TPSA) is 171 Å². The zero-order valence-electron chi connectivity index (χ0n) is 26.5. The molecule has 2 saturated carbocycles. The van der Waals surface area contributed by atoms with E-state index >= 15 is 0 Å². The van der Waals surface area contributed by atoms with Crippen molar-refractivity contribution < 1.29 is 23.9 Å². The predicted molar refractivity (Wildman–Crippen MR) is 167 cm³/mol. The second-order valence-electron chi connectivity index (χ2n) is 13.3. The third kappa shape index (κ3) is 6.43. The average Bonchev–Trinajstić information content (AvgIpc) is 3.44. The predicted octanol–water partition coefficient (Wildman–Crippen LogP) is 3.22. The van der Waals surface area contributed by atoms with Crippen LogP contribution in [0.4, 0.5) is 4.79 Å². The maximum Gasteiger partial charge on any atom is 0.408 e. The normalized spacial score (nSPS) is 29.5. The van der Waals surface area contributed by atoms with Crippen LogP contribution >= 0.6 is 0 Å². The fraction of sp³-hybridized carbons (Fsp3) is 0.606. The summed E-state index contributed by atoms with van der Waals surface area (Å²) in [5.41, 5.74) is 2.34. The molecule has 0 bridgehead atoms. The molecule has 1 saturated heterocycles. The lowest BCUT2D eigenvalue weighted by molar-refractivity contribution is -0.141. The molecule has 3 fully saturated rings. The van der Waals surface area contributed by atoms with Gasteiger partial charge in [0.2, 0.25) is 11.8 Å². The number of nitrogens with zero attached hydrogens (tertiary/aromatic N) is 5. The smallest absolute Gasteiger partial charge is 0.408 e. The molecule has 3 N–H and O–H groups in total. The molecular formula is C33H42N8O5. The van der Waals surface area contributed by atoms with Crippen LogP contribution in [-0.2, 0) is 19.1 Å². The summed E-state index contributed by atoms with van der Waals surface area (Å²) in [5, 5.41) is 26.5. The van der Waals surface area contributed by atoms with Crippen LogP contribution in [0.1, 0.15) is 87.8 Å². The Morgan fingerprint density at radius 3 is 2.43 bits per heavy atom. The van der Waals surface area contributed by atoms with Gasteiger partial charge in [-0.3, -0.25) is 19.7 Å². The van der Waals surface area contributed by atoms with Gasteiger partial charge >= 0.3 is 6.09 Å². The van der Waals surface area contributed by atoms with Crippen LogP contribution < -0.4 is 16.0 Å². The lowest BCUT2D eigenvalue weighted by Crippen LogP contribution is -2.57. The number of fused-ring (bicyclic) bond motifs is 3. The minimum atomic E-state index is -1.27. The number of alkyl carbamates (subject to hydrolysis) is 1. The molecule has 0 spiro atoms. The van der Waals surface area contributed by atoms with Crippen LogP contribution in [0.15, 0.2) is 24.3 Å². The minimum absolute atomic E-state index is 0.145. The lowest BCUT2D eigenvalue weighted by atomic mass is 10.0. The number of carbonyl (C=O) groups excluding carboxylic acids is 4. The van der Waals surface area contributed by atoms with Crippen LogP contribution in [0, 0.1) is 31.2 Å². The molecule has 2 aromatic rings. The van der Waals surface area contributed by atoms with Gasteiger partial charge in [-0.15, -0.1) is 0 Å². The maximum absolute atomic E-state index is 14.3. The molecule has 1 aromatic heterocycles. The Balaban J connectivity index is 1.30. The first kappa shape index (κ1) is 31.5. The molecule has 13 heteroatoms. The Bertz CT molecular complexity index is 1550. The number of aryl methyl sites for hydroxylation is 2. The third-order valence-corrected chi connectivity index (χ3v) is 10.0. The number of ether oxygens (including phenoxy) is 1. The Labute approximate surface area is 268 Å². The van der Waals surface area contributed by atoms with E-state index in [1.54, 1.807) is 11.0 Å². The summed E-state index contributed by atoms with van der Waals surface area (Å²) < 4.78 is 5.64. The molecule has 6 rings (SSSR count). The van der Waals surface area contributed by atoms with Crippen molar-refractivity contribution in [2.45, 2.75) is 114 Å². The van der Waals surface area contributed by atoms with Gasteiger partial charge in [0, 0.05) is 18.9 Å². The minimum Gasteiger partial charge on any atom is -0.446 e. The van der Waals surface area contributed by atoms with Crippen molar-refractivity contribution in [2.24, 2.45) is 5.92 Å². The number of amides is 4. The van der Waals surface area contributed by atoms with Crippen molar-refractivity contribution in [2.75, 3.05) is 6.54 Å². The van der Waals surface area contributed by atoms with Crippen LogP contribution in [0.2, 0.25) is 0 Å². The van der Waals surface area contributed by atoms with E-state index in [2.05, 4.69) is 16.0 Å². The van der Waals surface area contributed by atoms with Gasteiger partial charge in [-0.1, -0.05) is 25.0 Å². The number of aromatic nitrogens is 3. The largest absolute Gasteiger partial charge is 0.446 e. The lowest BCUT2D eigenvalue weighted by Gasteiger charge is -2.30. The van der Waals surface area contributed by atoms with E-state index in [0.717, 1.165) is 67.1 Å². The van der Waals surface area contributed by atoms with Gasteiger partial charge < -0.3 is 20.3 Å². The van der Waals surface area contributed by atoms with Crippen molar-refractivity contribution in [3.8, 4) is 6.19 Å². The van der Waals surface area contributed by atoms with Crippen LogP contribution in [0.3, 0.4) is 0 Å². The number of rotatable bonds is 4. The van der Waals surface area contributed by atoms with E-state index in [1.165, 1.54) is 4.90 Å². The highest BCUT2D eigenvalue weighted by Gasteiger charge is 2.61. The second kappa shape index (κ2) is 13.1. The van der Waals surface area contributed by atoms with Crippen LogP contribution in [0.25, 0.3) is 11.0 Å². The molecule has 0 radical (unpaired) electrons. The van der Waals surface area contributed by atoms with Gasteiger partial charge in [-0.25, -0.2) is 4.79 Å². The quantitative estimate of drug-likeness (QED) is 0.263. The molecule has 5 atom stereocenters. The highest BCUT2D eigenvalue weighted by Crippen LogP contribution is 2.45. The van der Waals surface area contributed by atoms with Gasteiger partial charge in [0.25, 0.3) is 5.91 Å². The Morgan fingerprint density at radius 1 is 1.04 bits per heavy atom. The highest BCUT2D eigenvalue weighted by atomic mass is 16.6. The van der Waals surface area contributed by atoms with Gasteiger partial charge in [0.05, 0.1) is 6.04 Å². The number of hydrogen-bond donors (Lipinski definition) is 3. The van der Waals surface area contributed by atoms with Crippen molar-refractivity contribution in [3.05, 3.63) is 35.4 Å². The van der Waals surface area contributed by atoms with E-state index in [1.807, 2.05) is 38.1 Å². The molecule has 46 heavy (non-hydrogen) atoms. The zero-order valence-corrected chi connectivity index (χ0v) is 26.5. The molecule has 244 valence electrons. The molecule has 2 aliphatic carbocycles. The number of nitriles is 1. The van der Waals surface area contributed by atoms with Crippen molar-refractivity contribution in [1.82, 2.24) is 35.8 Å². The Hall–Kier alpha value is -4.47. The molecule has 1 aromatic carbocycles. The Morgan fingerprint density at radius 2 is 1.74 bits per heavy atom. The van der Waals surface area contributed by atoms with E-state index in [9.17, 15) is 24.4 Å². The average molecular weight is 631 g/mol. The number of carbonyl (C=O) groups is 4. The van der Waals surface area contributed by atoms with Gasteiger partial charge in [-0.05, 0) is 88.5 Å².